The maximum absolute atomic E-state index is 13.1. The van der Waals surface area contributed by atoms with Crippen LogP contribution in [0.4, 0.5) is 5.82 Å². The summed E-state index contributed by atoms with van der Waals surface area (Å²) in [7, 11) is -2.52. The first-order valence-electron chi connectivity index (χ1n) is 11.9. The highest BCUT2D eigenvalue weighted by Crippen LogP contribution is 2.42. The third-order valence-corrected chi connectivity index (χ3v) is 6.48. The number of sulfonamides is 1. The van der Waals surface area contributed by atoms with Gasteiger partial charge in [-0.05, 0) is 48.6 Å². The van der Waals surface area contributed by atoms with Crippen molar-refractivity contribution in [1.29, 1.82) is 0 Å². The van der Waals surface area contributed by atoms with Crippen molar-refractivity contribution < 1.29 is 22.6 Å². The summed E-state index contributed by atoms with van der Waals surface area (Å²) in [6.45, 7) is 0.397. The zero-order chi connectivity index (χ0) is 26.4. The lowest BCUT2D eigenvalue weighted by Gasteiger charge is -2.17. The van der Waals surface area contributed by atoms with E-state index in [-0.39, 0.29) is 29.1 Å². The lowest BCUT2D eigenvalue weighted by Crippen LogP contribution is -2.14. The Balaban J connectivity index is 1.59. The van der Waals surface area contributed by atoms with Crippen LogP contribution in [0.25, 0.3) is 17.7 Å². The Morgan fingerprint density at radius 1 is 0.921 bits per heavy atom. The van der Waals surface area contributed by atoms with Crippen LogP contribution in [-0.4, -0.2) is 42.1 Å². The van der Waals surface area contributed by atoms with Crippen LogP contribution in [-0.2, 0) is 10.0 Å². The number of aromatic nitrogens is 4. The number of rotatable bonds is 11. The lowest BCUT2D eigenvalue weighted by atomic mass is 10.2. The van der Waals surface area contributed by atoms with Crippen LogP contribution >= 0.6 is 0 Å². The van der Waals surface area contributed by atoms with Crippen molar-refractivity contribution in [3.8, 4) is 34.8 Å². The molecule has 0 saturated heterocycles. The highest BCUT2D eigenvalue weighted by molar-refractivity contribution is 7.95. The minimum Gasteiger partial charge on any atom is -0.493 e. The summed E-state index contributed by atoms with van der Waals surface area (Å²) in [6, 6.07) is 17.7. The summed E-state index contributed by atoms with van der Waals surface area (Å²) in [5.41, 5.74) is 0.720. The van der Waals surface area contributed by atoms with Gasteiger partial charge in [-0.15, -0.1) is 0 Å². The molecule has 194 valence electrons. The van der Waals surface area contributed by atoms with Crippen molar-refractivity contribution in [2.24, 2.45) is 5.92 Å². The molecule has 1 aliphatic carbocycles. The normalized spacial score (nSPS) is 13.3. The first-order valence-corrected chi connectivity index (χ1v) is 13.4. The first-order chi connectivity index (χ1) is 18.5. The molecule has 1 N–H and O–H groups in total. The number of ether oxygens (including phenoxy) is 3. The van der Waals surface area contributed by atoms with E-state index in [4.69, 9.17) is 14.2 Å². The minimum absolute atomic E-state index is 0.00785. The summed E-state index contributed by atoms with van der Waals surface area (Å²) >= 11 is 0. The molecule has 0 unspecified atom stereocenters. The van der Waals surface area contributed by atoms with Crippen LogP contribution in [0.15, 0.2) is 78.5 Å². The molecule has 0 atom stereocenters. The molecule has 2 heterocycles. The third kappa shape index (κ3) is 6.43. The van der Waals surface area contributed by atoms with E-state index in [1.54, 1.807) is 54.9 Å². The molecule has 1 fully saturated rings. The van der Waals surface area contributed by atoms with E-state index in [2.05, 4.69) is 24.7 Å². The Hall–Kier alpha value is -4.51. The summed E-state index contributed by atoms with van der Waals surface area (Å²) in [5, 5.41) is 1.06. The maximum atomic E-state index is 13.1. The number of methoxy groups -OCH3 is 1. The minimum atomic E-state index is -4.03. The molecule has 0 bridgehead atoms. The molecule has 4 aromatic rings. The average Bonchev–Trinajstić information content (AvgIpc) is 3.78. The van der Waals surface area contributed by atoms with Crippen molar-refractivity contribution in [2.45, 2.75) is 12.8 Å². The molecule has 1 aliphatic rings. The Bertz CT molecular complexity index is 1530. The predicted molar refractivity (Wildman–Crippen MR) is 142 cm³/mol. The van der Waals surface area contributed by atoms with Gasteiger partial charge in [0.1, 0.15) is 0 Å². The van der Waals surface area contributed by atoms with Gasteiger partial charge in [0.25, 0.3) is 15.9 Å². The van der Waals surface area contributed by atoms with Crippen molar-refractivity contribution in [1.82, 2.24) is 19.9 Å². The molecule has 0 spiro atoms. The van der Waals surface area contributed by atoms with E-state index in [1.807, 2.05) is 18.2 Å². The van der Waals surface area contributed by atoms with Gasteiger partial charge in [-0.25, -0.2) is 23.4 Å². The monoisotopic (exact) mass is 531 g/mol. The van der Waals surface area contributed by atoms with Gasteiger partial charge in [0.05, 0.1) is 19.1 Å². The summed E-state index contributed by atoms with van der Waals surface area (Å²) in [5.74, 6) is 1.37. The smallest absolute Gasteiger partial charge is 0.263 e. The molecular weight excluding hydrogens is 506 g/mol. The fourth-order valence-corrected chi connectivity index (χ4v) is 4.21. The van der Waals surface area contributed by atoms with Gasteiger partial charge in [0.15, 0.2) is 23.1 Å². The van der Waals surface area contributed by atoms with Crippen molar-refractivity contribution in [3.63, 3.8) is 0 Å². The molecule has 10 nitrogen and oxygen atoms in total. The predicted octanol–water partition coefficient (Wildman–Crippen LogP) is 4.94. The number of nitrogens with zero attached hydrogens (tertiary/aromatic N) is 4. The Morgan fingerprint density at radius 3 is 2.34 bits per heavy atom. The van der Waals surface area contributed by atoms with Gasteiger partial charge >= 0.3 is 0 Å². The van der Waals surface area contributed by atoms with E-state index >= 15 is 0 Å². The summed E-state index contributed by atoms with van der Waals surface area (Å²) in [6.07, 6.45) is 6.67. The Labute approximate surface area is 220 Å². The molecule has 1 saturated carbocycles. The number of hydrogen-bond donors (Lipinski definition) is 1. The molecule has 0 radical (unpaired) electrons. The van der Waals surface area contributed by atoms with Gasteiger partial charge in [0.2, 0.25) is 11.6 Å². The quantitative estimate of drug-likeness (QED) is 0.286. The van der Waals surface area contributed by atoms with E-state index in [9.17, 15) is 8.42 Å². The molecule has 11 heteroatoms. The van der Waals surface area contributed by atoms with Crippen LogP contribution in [0.3, 0.4) is 0 Å². The molecule has 2 aromatic heterocycles. The largest absolute Gasteiger partial charge is 0.493 e. The number of benzene rings is 2. The van der Waals surface area contributed by atoms with Gasteiger partial charge in [-0.1, -0.05) is 42.5 Å². The highest BCUT2D eigenvalue weighted by atomic mass is 32.2. The third-order valence-electron chi connectivity index (χ3n) is 5.51. The summed E-state index contributed by atoms with van der Waals surface area (Å²) in [4.78, 5) is 17.4. The second-order valence-corrected chi connectivity index (χ2v) is 10.0. The van der Waals surface area contributed by atoms with Crippen molar-refractivity contribution in [3.05, 3.63) is 84.0 Å². The average molecular weight is 532 g/mol. The molecule has 38 heavy (non-hydrogen) atoms. The van der Waals surface area contributed by atoms with Crippen LogP contribution in [0.5, 0.6) is 23.1 Å². The van der Waals surface area contributed by atoms with E-state index in [0.29, 0.717) is 24.0 Å². The van der Waals surface area contributed by atoms with Gasteiger partial charge in [-0.2, -0.15) is 4.98 Å². The fourth-order valence-electron chi connectivity index (χ4n) is 3.40. The summed E-state index contributed by atoms with van der Waals surface area (Å²) < 4.78 is 46.3. The lowest BCUT2D eigenvalue weighted by molar-refractivity contribution is 0.273. The topological polar surface area (TPSA) is 125 Å². The molecule has 0 aliphatic heterocycles. The van der Waals surface area contributed by atoms with Crippen molar-refractivity contribution in [2.75, 3.05) is 18.4 Å². The van der Waals surface area contributed by atoms with Gasteiger partial charge < -0.3 is 14.2 Å². The van der Waals surface area contributed by atoms with Crippen LogP contribution in [0, 0.1) is 5.92 Å². The Morgan fingerprint density at radius 2 is 1.63 bits per heavy atom. The molecule has 0 amide bonds. The highest BCUT2D eigenvalue weighted by Gasteiger charge is 2.27. The molecule has 5 rings (SSSR count). The van der Waals surface area contributed by atoms with Crippen LogP contribution in [0.1, 0.15) is 18.4 Å². The van der Waals surface area contributed by atoms with E-state index in [0.717, 1.165) is 23.8 Å². The molecular formula is C27H25N5O5S. The van der Waals surface area contributed by atoms with Gasteiger partial charge in [-0.3, -0.25) is 4.72 Å². The second kappa shape index (κ2) is 11.3. The number of hydrogen-bond acceptors (Lipinski definition) is 9. The number of nitrogens with one attached hydrogen (secondary N) is 1. The number of anilines is 1. The molecule has 2 aromatic carbocycles. The second-order valence-electron chi connectivity index (χ2n) is 8.47. The van der Waals surface area contributed by atoms with Crippen LogP contribution in [0.2, 0.25) is 0 Å². The standard InChI is InChI=1S/C27H25N5O5S/c1-35-21-10-5-6-11-22(21)37-23-24(32-38(33,34)17-14-19-8-3-2-4-9-19)30-26(25-28-15-7-16-29-25)31-27(23)36-18-20-12-13-20/h2-11,14-17,20H,12-13,18H2,1H3,(H,30,31,32). The zero-order valence-corrected chi connectivity index (χ0v) is 21.3. The van der Waals surface area contributed by atoms with Crippen LogP contribution < -0.4 is 18.9 Å². The fraction of sp³-hybridized carbons (Fsp3) is 0.185. The SMILES string of the molecule is COc1ccccc1Oc1c(NS(=O)(=O)C=Cc2ccccc2)nc(-c2ncccn2)nc1OCC1CC1. The Kier molecular flexibility index (Phi) is 7.45. The van der Waals surface area contributed by atoms with Gasteiger partial charge in [0, 0.05) is 12.4 Å². The first kappa shape index (κ1) is 25.2. The zero-order valence-electron chi connectivity index (χ0n) is 20.5. The van der Waals surface area contributed by atoms with E-state index in [1.165, 1.54) is 13.2 Å². The van der Waals surface area contributed by atoms with E-state index < -0.39 is 10.0 Å². The van der Waals surface area contributed by atoms with Crippen molar-refractivity contribution >= 4 is 21.9 Å². The number of para-hydroxylation sites is 2. The maximum Gasteiger partial charge on any atom is 0.263 e.